The lowest BCUT2D eigenvalue weighted by Crippen LogP contribution is -2.44. The van der Waals surface area contributed by atoms with E-state index in [1.54, 1.807) is 6.20 Å². The maximum atomic E-state index is 5.84. The lowest BCUT2D eigenvalue weighted by atomic mass is 9.87. The van der Waals surface area contributed by atoms with Crippen molar-refractivity contribution in [2.75, 3.05) is 5.32 Å². The molecule has 0 unspecified atom stereocenters. The van der Waals surface area contributed by atoms with Crippen molar-refractivity contribution >= 4 is 33.2 Å². The second kappa shape index (κ2) is 4.04. The molecule has 0 amide bonds. The molecule has 1 saturated carbocycles. The molecule has 1 aliphatic carbocycles. The SMILES string of the molecule is NC1CC(Nc2cc(Cl)cnc2Br)C1. The molecule has 3 N–H and O–H groups in total. The van der Waals surface area contributed by atoms with Crippen molar-refractivity contribution in [3.8, 4) is 0 Å². The van der Waals surface area contributed by atoms with Gasteiger partial charge in [-0.15, -0.1) is 0 Å². The lowest BCUT2D eigenvalue weighted by Gasteiger charge is -2.33. The lowest BCUT2D eigenvalue weighted by molar-refractivity contribution is 0.373. The summed E-state index contributed by atoms with van der Waals surface area (Å²) in [5.74, 6) is 0. The van der Waals surface area contributed by atoms with Crippen molar-refractivity contribution in [3.63, 3.8) is 0 Å². The van der Waals surface area contributed by atoms with Crippen LogP contribution in [-0.2, 0) is 0 Å². The van der Waals surface area contributed by atoms with E-state index in [1.807, 2.05) is 6.07 Å². The molecule has 5 heteroatoms. The molecule has 3 nitrogen and oxygen atoms in total. The van der Waals surface area contributed by atoms with Crippen LogP contribution in [0.3, 0.4) is 0 Å². The minimum absolute atomic E-state index is 0.346. The summed E-state index contributed by atoms with van der Waals surface area (Å²) in [5, 5.41) is 3.98. The van der Waals surface area contributed by atoms with Crippen molar-refractivity contribution in [3.05, 3.63) is 21.9 Å². The standard InChI is InChI=1S/C9H11BrClN3/c10-9-8(1-5(11)4-13-9)14-7-2-6(12)3-7/h1,4,6-7,14H,2-3,12H2. The third-order valence-corrected chi connectivity index (χ3v) is 3.18. The van der Waals surface area contributed by atoms with Crippen molar-refractivity contribution in [2.24, 2.45) is 5.73 Å². The molecule has 0 saturated heterocycles. The van der Waals surface area contributed by atoms with Crippen LogP contribution in [0, 0.1) is 0 Å². The predicted octanol–water partition coefficient (Wildman–Crippen LogP) is 2.40. The fraction of sp³-hybridized carbons (Fsp3) is 0.444. The van der Waals surface area contributed by atoms with Gasteiger partial charge < -0.3 is 11.1 Å². The monoisotopic (exact) mass is 275 g/mol. The van der Waals surface area contributed by atoms with Crippen LogP contribution in [-0.4, -0.2) is 17.1 Å². The summed E-state index contributed by atoms with van der Waals surface area (Å²) in [4.78, 5) is 4.10. The molecule has 1 aromatic heterocycles. The third-order valence-electron chi connectivity index (χ3n) is 2.34. The molecule has 1 fully saturated rings. The van der Waals surface area contributed by atoms with Crippen LogP contribution >= 0.6 is 27.5 Å². The number of hydrogen-bond donors (Lipinski definition) is 2. The molecule has 0 spiro atoms. The Morgan fingerprint density at radius 1 is 1.57 bits per heavy atom. The fourth-order valence-electron chi connectivity index (χ4n) is 1.52. The number of hydrogen-bond acceptors (Lipinski definition) is 3. The van der Waals surface area contributed by atoms with Gasteiger partial charge in [0.2, 0.25) is 0 Å². The minimum Gasteiger partial charge on any atom is -0.380 e. The quantitative estimate of drug-likeness (QED) is 0.816. The summed E-state index contributed by atoms with van der Waals surface area (Å²) in [6.07, 6.45) is 3.64. The van der Waals surface area contributed by atoms with Gasteiger partial charge in [0.05, 0.1) is 10.7 Å². The largest absolute Gasteiger partial charge is 0.380 e. The van der Waals surface area contributed by atoms with E-state index in [-0.39, 0.29) is 0 Å². The van der Waals surface area contributed by atoms with E-state index in [1.165, 1.54) is 0 Å². The highest BCUT2D eigenvalue weighted by molar-refractivity contribution is 9.10. The predicted molar refractivity (Wildman–Crippen MR) is 61.6 cm³/mol. The number of anilines is 1. The van der Waals surface area contributed by atoms with Gasteiger partial charge in [-0.1, -0.05) is 11.6 Å². The molecule has 1 heterocycles. The number of aromatic nitrogens is 1. The maximum absolute atomic E-state index is 5.84. The molecule has 76 valence electrons. The highest BCUT2D eigenvalue weighted by Gasteiger charge is 2.26. The molecule has 0 atom stereocenters. The van der Waals surface area contributed by atoms with Gasteiger partial charge >= 0.3 is 0 Å². The summed E-state index contributed by atoms with van der Waals surface area (Å²) >= 11 is 9.21. The van der Waals surface area contributed by atoms with Crippen LogP contribution < -0.4 is 11.1 Å². The van der Waals surface area contributed by atoms with Gasteiger partial charge in [0, 0.05) is 18.3 Å². The van der Waals surface area contributed by atoms with Crippen molar-refractivity contribution < 1.29 is 0 Å². The Balaban J connectivity index is 2.05. The van der Waals surface area contributed by atoms with Crippen LogP contribution in [0.5, 0.6) is 0 Å². The van der Waals surface area contributed by atoms with Gasteiger partial charge in [0.15, 0.2) is 0 Å². The fourth-order valence-corrected chi connectivity index (χ4v) is 2.01. The number of pyridine rings is 1. The van der Waals surface area contributed by atoms with E-state index in [4.69, 9.17) is 17.3 Å². The van der Waals surface area contributed by atoms with Crippen molar-refractivity contribution in [1.29, 1.82) is 0 Å². The average molecular weight is 277 g/mol. The zero-order valence-electron chi connectivity index (χ0n) is 7.50. The Hall–Kier alpha value is -0.320. The Labute approximate surface area is 96.2 Å². The zero-order chi connectivity index (χ0) is 10.1. The van der Waals surface area contributed by atoms with Gasteiger partial charge in [0.1, 0.15) is 4.60 Å². The van der Waals surface area contributed by atoms with Gasteiger partial charge in [-0.2, -0.15) is 0 Å². The molecule has 1 aliphatic rings. The number of halogens is 2. The Kier molecular flexibility index (Phi) is 2.95. The first-order valence-corrected chi connectivity index (χ1v) is 5.65. The first-order valence-electron chi connectivity index (χ1n) is 4.48. The van der Waals surface area contributed by atoms with Crippen LogP contribution in [0.25, 0.3) is 0 Å². The highest BCUT2D eigenvalue weighted by atomic mass is 79.9. The molecule has 1 aromatic rings. The Morgan fingerprint density at radius 2 is 2.29 bits per heavy atom. The second-order valence-corrected chi connectivity index (χ2v) is 4.75. The molecule has 0 radical (unpaired) electrons. The summed E-state index contributed by atoms with van der Waals surface area (Å²) in [7, 11) is 0. The van der Waals surface area contributed by atoms with Crippen molar-refractivity contribution in [2.45, 2.75) is 24.9 Å². The Bertz CT molecular complexity index is 339. The van der Waals surface area contributed by atoms with Gasteiger partial charge in [-0.05, 0) is 34.8 Å². The molecule has 0 bridgehead atoms. The van der Waals surface area contributed by atoms with E-state index in [0.29, 0.717) is 17.1 Å². The van der Waals surface area contributed by atoms with E-state index in [0.717, 1.165) is 23.1 Å². The molecular formula is C9H11BrClN3. The number of rotatable bonds is 2. The van der Waals surface area contributed by atoms with Crippen LogP contribution in [0.4, 0.5) is 5.69 Å². The van der Waals surface area contributed by atoms with Crippen molar-refractivity contribution in [1.82, 2.24) is 4.98 Å². The van der Waals surface area contributed by atoms with E-state index < -0.39 is 0 Å². The van der Waals surface area contributed by atoms with E-state index >= 15 is 0 Å². The number of nitrogens with two attached hydrogens (primary N) is 1. The van der Waals surface area contributed by atoms with E-state index in [9.17, 15) is 0 Å². The maximum Gasteiger partial charge on any atom is 0.129 e. The topological polar surface area (TPSA) is 50.9 Å². The van der Waals surface area contributed by atoms with Crippen LogP contribution in [0.1, 0.15) is 12.8 Å². The molecule has 14 heavy (non-hydrogen) atoms. The first-order chi connectivity index (χ1) is 6.65. The number of nitrogens with zero attached hydrogens (tertiary/aromatic N) is 1. The normalized spacial score (nSPS) is 25.6. The minimum atomic E-state index is 0.346. The second-order valence-electron chi connectivity index (χ2n) is 3.56. The average Bonchev–Trinajstić information content (AvgIpc) is 2.09. The third kappa shape index (κ3) is 2.19. The zero-order valence-corrected chi connectivity index (χ0v) is 9.85. The summed E-state index contributed by atoms with van der Waals surface area (Å²) in [6.45, 7) is 0. The molecule has 0 aromatic carbocycles. The first kappa shape index (κ1) is 10.2. The molecule has 2 rings (SSSR count). The summed E-state index contributed by atoms with van der Waals surface area (Å²) in [5.41, 5.74) is 6.64. The Morgan fingerprint density at radius 3 is 2.93 bits per heavy atom. The summed E-state index contributed by atoms with van der Waals surface area (Å²) < 4.78 is 0.794. The van der Waals surface area contributed by atoms with Gasteiger partial charge in [-0.25, -0.2) is 4.98 Å². The van der Waals surface area contributed by atoms with Gasteiger partial charge in [-0.3, -0.25) is 0 Å². The highest BCUT2D eigenvalue weighted by Crippen LogP contribution is 2.28. The van der Waals surface area contributed by atoms with Crippen LogP contribution in [0.2, 0.25) is 5.02 Å². The summed E-state index contributed by atoms with van der Waals surface area (Å²) in [6, 6.07) is 2.67. The smallest absolute Gasteiger partial charge is 0.129 e. The van der Waals surface area contributed by atoms with E-state index in [2.05, 4.69) is 26.2 Å². The molecular weight excluding hydrogens is 265 g/mol. The van der Waals surface area contributed by atoms with Gasteiger partial charge in [0.25, 0.3) is 0 Å². The molecule has 0 aliphatic heterocycles. The number of nitrogens with one attached hydrogen (secondary N) is 1. The van der Waals surface area contributed by atoms with Crippen LogP contribution in [0.15, 0.2) is 16.9 Å².